The smallest absolute Gasteiger partial charge is 0.0852 e. The molecule has 0 radical (unpaired) electrons. The van der Waals surface area contributed by atoms with E-state index in [1.54, 1.807) is 0 Å². The molecule has 3 heteroatoms. The first kappa shape index (κ1) is 16.7. The number of hydrogen-bond acceptors (Lipinski definition) is 2. The largest absolute Gasteiger partial charge is 0.371 e. The Morgan fingerprint density at radius 1 is 0.739 bits per heavy atom. The minimum Gasteiger partial charge on any atom is -0.371 e. The van der Waals surface area contributed by atoms with Crippen LogP contribution in [0, 0.1) is 0 Å². The van der Waals surface area contributed by atoms with Gasteiger partial charge in [0.15, 0.2) is 0 Å². The van der Waals surface area contributed by atoms with Crippen LogP contribution in [0.25, 0.3) is 0 Å². The van der Waals surface area contributed by atoms with E-state index in [9.17, 15) is 0 Å². The van der Waals surface area contributed by atoms with Gasteiger partial charge in [0.2, 0.25) is 0 Å². The third-order valence-electron chi connectivity index (χ3n) is 4.28. The zero-order valence-corrected chi connectivity index (χ0v) is 14.8. The molecule has 23 heavy (non-hydrogen) atoms. The van der Waals surface area contributed by atoms with Crippen LogP contribution in [0.1, 0.15) is 30.4 Å². The number of alkyl halides is 1. The maximum Gasteiger partial charge on any atom is 0.0852 e. The molecular weight excluding hydrogens is 352 g/mol. The van der Waals surface area contributed by atoms with Crippen molar-refractivity contribution < 1.29 is 9.47 Å². The van der Waals surface area contributed by atoms with Gasteiger partial charge < -0.3 is 9.47 Å². The van der Waals surface area contributed by atoms with E-state index in [0.29, 0.717) is 18.0 Å². The van der Waals surface area contributed by atoms with Crippen LogP contribution in [-0.4, -0.2) is 17.0 Å². The summed E-state index contributed by atoms with van der Waals surface area (Å²) < 4.78 is 12.4. The molecule has 0 aromatic heterocycles. The Morgan fingerprint density at radius 2 is 1.26 bits per heavy atom. The van der Waals surface area contributed by atoms with Gasteiger partial charge in [0.05, 0.1) is 25.4 Å². The summed E-state index contributed by atoms with van der Waals surface area (Å²) >= 11 is 3.74. The van der Waals surface area contributed by atoms with Crippen molar-refractivity contribution in [2.45, 2.75) is 49.5 Å². The first-order valence-corrected chi connectivity index (χ1v) is 9.18. The van der Waals surface area contributed by atoms with Crippen LogP contribution >= 0.6 is 15.9 Å². The second-order valence-corrected chi connectivity index (χ2v) is 7.38. The Balaban J connectivity index is 1.55. The van der Waals surface area contributed by atoms with Gasteiger partial charge in [0, 0.05) is 4.83 Å². The highest BCUT2D eigenvalue weighted by Crippen LogP contribution is 2.30. The second-order valence-electron chi connectivity index (χ2n) is 6.08. The molecule has 2 nitrogen and oxygen atoms in total. The highest BCUT2D eigenvalue weighted by molar-refractivity contribution is 9.09. The van der Waals surface area contributed by atoms with E-state index in [2.05, 4.69) is 64.5 Å². The van der Waals surface area contributed by atoms with E-state index in [0.717, 1.165) is 19.3 Å². The highest BCUT2D eigenvalue weighted by atomic mass is 79.9. The monoisotopic (exact) mass is 374 g/mol. The Labute approximate surface area is 146 Å². The van der Waals surface area contributed by atoms with Gasteiger partial charge in [-0.25, -0.2) is 0 Å². The lowest BCUT2D eigenvalue weighted by molar-refractivity contribution is -0.102. The lowest BCUT2D eigenvalue weighted by Gasteiger charge is -2.34. The number of rotatable bonds is 6. The molecule has 1 aliphatic carbocycles. The molecule has 1 aliphatic rings. The minimum absolute atomic E-state index is 0.150. The van der Waals surface area contributed by atoms with Gasteiger partial charge in [0.25, 0.3) is 0 Å². The fourth-order valence-electron chi connectivity index (χ4n) is 2.97. The molecule has 1 fully saturated rings. The van der Waals surface area contributed by atoms with Gasteiger partial charge in [-0.3, -0.25) is 0 Å². The topological polar surface area (TPSA) is 18.5 Å². The molecule has 2 aromatic carbocycles. The molecule has 122 valence electrons. The predicted molar refractivity (Wildman–Crippen MR) is 96.6 cm³/mol. The number of hydrogen-bond donors (Lipinski definition) is 0. The Hall–Kier alpha value is -1.16. The lowest BCUT2D eigenvalue weighted by Crippen LogP contribution is -2.38. The molecular formula is C20H23BrO2. The second kappa shape index (κ2) is 8.62. The summed E-state index contributed by atoms with van der Waals surface area (Å²) in [6.07, 6.45) is 3.52. The van der Waals surface area contributed by atoms with Crippen LogP contribution in [0.2, 0.25) is 0 Å². The van der Waals surface area contributed by atoms with Crippen LogP contribution in [0.3, 0.4) is 0 Å². The summed E-state index contributed by atoms with van der Waals surface area (Å²) in [7, 11) is 0. The van der Waals surface area contributed by atoms with E-state index < -0.39 is 0 Å². The fourth-order valence-corrected chi connectivity index (χ4v) is 3.61. The van der Waals surface area contributed by atoms with Crippen molar-refractivity contribution in [2.24, 2.45) is 0 Å². The molecule has 0 saturated heterocycles. The SMILES string of the molecule is Br[C@@H]1CC[C@@H](OCc2ccccc2)[C@@H](OCc2ccccc2)C1. The zero-order valence-electron chi connectivity index (χ0n) is 13.2. The van der Waals surface area contributed by atoms with Crippen LogP contribution in [0.4, 0.5) is 0 Å². The van der Waals surface area contributed by atoms with Crippen molar-refractivity contribution in [3.05, 3.63) is 71.8 Å². The molecule has 3 rings (SSSR count). The highest BCUT2D eigenvalue weighted by Gasteiger charge is 2.30. The Morgan fingerprint density at radius 3 is 1.83 bits per heavy atom. The molecule has 0 aliphatic heterocycles. The summed E-state index contributed by atoms with van der Waals surface area (Å²) in [5.41, 5.74) is 2.43. The van der Waals surface area contributed by atoms with Crippen LogP contribution < -0.4 is 0 Å². The number of ether oxygens (including phenoxy) is 2. The van der Waals surface area contributed by atoms with E-state index in [1.807, 2.05) is 12.1 Å². The molecule has 0 spiro atoms. The normalized spacial score (nSPS) is 24.5. The first-order valence-electron chi connectivity index (χ1n) is 8.26. The molecule has 0 bridgehead atoms. The maximum absolute atomic E-state index is 6.19. The van der Waals surface area contributed by atoms with Crippen molar-refractivity contribution in [3.63, 3.8) is 0 Å². The molecule has 0 heterocycles. The summed E-state index contributed by atoms with van der Waals surface area (Å²) in [5.74, 6) is 0. The van der Waals surface area contributed by atoms with E-state index in [4.69, 9.17) is 9.47 Å². The average Bonchev–Trinajstić information content (AvgIpc) is 2.61. The van der Waals surface area contributed by atoms with E-state index >= 15 is 0 Å². The van der Waals surface area contributed by atoms with E-state index in [-0.39, 0.29) is 12.2 Å². The molecule has 2 aromatic rings. The quantitative estimate of drug-likeness (QED) is 0.654. The molecule has 0 N–H and O–H groups in total. The van der Waals surface area contributed by atoms with Gasteiger partial charge in [-0.15, -0.1) is 0 Å². The third kappa shape index (κ3) is 5.17. The minimum atomic E-state index is 0.150. The van der Waals surface area contributed by atoms with Gasteiger partial charge in [-0.2, -0.15) is 0 Å². The van der Waals surface area contributed by atoms with Crippen molar-refractivity contribution in [1.82, 2.24) is 0 Å². The maximum atomic E-state index is 6.19. The van der Waals surface area contributed by atoms with Gasteiger partial charge >= 0.3 is 0 Å². The van der Waals surface area contributed by atoms with Crippen molar-refractivity contribution in [3.8, 4) is 0 Å². The van der Waals surface area contributed by atoms with Gasteiger partial charge in [-0.1, -0.05) is 76.6 Å². The Kier molecular flexibility index (Phi) is 6.26. The number of halogens is 1. The average molecular weight is 375 g/mol. The molecule has 0 unspecified atom stereocenters. The fraction of sp³-hybridized carbons (Fsp3) is 0.400. The van der Waals surface area contributed by atoms with Crippen LogP contribution in [-0.2, 0) is 22.7 Å². The third-order valence-corrected chi connectivity index (χ3v) is 5.11. The summed E-state index contributed by atoms with van der Waals surface area (Å²) in [4.78, 5) is 0.528. The molecule has 3 atom stereocenters. The zero-order chi connectivity index (χ0) is 15.9. The summed E-state index contributed by atoms with van der Waals surface area (Å²) in [6.45, 7) is 1.31. The lowest BCUT2D eigenvalue weighted by atomic mass is 9.94. The molecule has 1 saturated carbocycles. The van der Waals surface area contributed by atoms with Crippen LogP contribution in [0.5, 0.6) is 0 Å². The summed E-state index contributed by atoms with van der Waals surface area (Å²) in [5, 5.41) is 0. The van der Waals surface area contributed by atoms with Crippen molar-refractivity contribution in [2.75, 3.05) is 0 Å². The first-order chi connectivity index (χ1) is 11.3. The number of benzene rings is 2. The molecule has 0 amide bonds. The summed E-state index contributed by atoms with van der Waals surface area (Å²) in [6, 6.07) is 20.7. The van der Waals surface area contributed by atoms with E-state index in [1.165, 1.54) is 11.1 Å². The van der Waals surface area contributed by atoms with Crippen molar-refractivity contribution >= 4 is 15.9 Å². The van der Waals surface area contributed by atoms with Gasteiger partial charge in [0.1, 0.15) is 0 Å². The predicted octanol–water partition coefficient (Wildman–Crippen LogP) is 5.10. The van der Waals surface area contributed by atoms with Crippen molar-refractivity contribution in [1.29, 1.82) is 0 Å². The van der Waals surface area contributed by atoms with Gasteiger partial charge in [-0.05, 0) is 30.4 Å². The Bertz CT molecular complexity index is 573. The standard InChI is InChI=1S/C20H23BrO2/c21-18-11-12-19(22-14-16-7-3-1-4-8-16)20(13-18)23-15-17-9-5-2-6-10-17/h1-10,18-20H,11-15H2/t18-,19-,20+/m1/s1. The van der Waals surface area contributed by atoms with Crippen LogP contribution in [0.15, 0.2) is 60.7 Å².